The summed E-state index contributed by atoms with van der Waals surface area (Å²) in [7, 11) is 0. The highest BCUT2D eigenvalue weighted by Gasteiger charge is 2.00. The summed E-state index contributed by atoms with van der Waals surface area (Å²) in [5.74, 6) is 0. The molecule has 0 aliphatic heterocycles. The monoisotopic (exact) mass is 278 g/mol. The number of hydrogen-bond donors (Lipinski definition) is 0. The Labute approximate surface area is 124 Å². The van der Waals surface area contributed by atoms with E-state index in [0.29, 0.717) is 6.01 Å². The van der Waals surface area contributed by atoms with Crippen molar-refractivity contribution < 1.29 is 4.74 Å². The van der Waals surface area contributed by atoms with E-state index < -0.39 is 0 Å². The maximum Gasteiger partial charge on any atom is 0.316 e. The summed E-state index contributed by atoms with van der Waals surface area (Å²) in [6.45, 7) is 5.20. The van der Waals surface area contributed by atoms with Crippen LogP contribution in [0.25, 0.3) is 0 Å². The molecule has 0 saturated heterocycles. The summed E-state index contributed by atoms with van der Waals surface area (Å²) in [4.78, 5) is 8.66. The van der Waals surface area contributed by atoms with Crippen molar-refractivity contribution in [3.05, 3.63) is 18.0 Å². The Morgan fingerprint density at radius 1 is 0.900 bits per heavy atom. The molecule has 0 N–H and O–H groups in total. The van der Waals surface area contributed by atoms with Crippen molar-refractivity contribution in [2.24, 2.45) is 0 Å². The number of nitrogens with zero attached hydrogens (tertiary/aromatic N) is 2. The van der Waals surface area contributed by atoms with Gasteiger partial charge in [0.1, 0.15) is 0 Å². The molecular weight excluding hydrogens is 248 g/mol. The molecule has 0 aliphatic rings. The number of ether oxygens (including phenoxy) is 1. The zero-order chi connectivity index (χ0) is 14.5. The summed E-state index contributed by atoms with van der Waals surface area (Å²) < 4.78 is 5.63. The van der Waals surface area contributed by atoms with Crippen molar-refractivity contribution >= 4 is 0 Å². The first kappa shape index (κ1) is 16.9. The quantitative estimate of drug-likeness (QED) is 0.507. The lowest BCUT2D eigenvalue weighted by Gasteiger charge is -2.06. The van der Waals surface area contributed by atoms with Gasteiger partial charge in [-0.3, -0.25) is 0 Å². The van der Waals surface area contributed by atoms with E-state index in [4.69, 9.17) is 4.74 Å². The first-order valence-electron chi connectivity index (χ1n) is 8.31. The van der Waals surface area contributed by atoms with Crippen LogP contribution in [0.5, 0.6) is 6.01 Å². The molecule has 0 unspecified atom stereocenters. The van der Waals surface area contributed by atoms with E-state index >= 15 is 0 Å². The highest BCUT2D eigenvalue weighted by Crippen LogP contribution is 2.09. The van der Waals surface area contributed by atoms with Gasteiger partial charge in [0.15, 0.2) is 0 Å². The van der Waals surface area contributed by atoms with Gasteiger partial charge in [-0.1, -0.05) is 58.8 Å². The Kier molecular flexibility index (Phi) is 9.89. The highest BCUT2D eigenvalue weighted by molar-refractivity contribution is 5.05. The lowest BCUT2D eigenvalue weighted by molar-refractivity contribution is 0.280. The molecule has 0 radical (unpaired) electrons. The molecule has 0 spiro atoms. The predicted octanol–water partition coefficient (Wildman–Crippen LogP) is 4.95. The van der Waals surface area contributed by atoms with Crippen LogP contribution in [0.15, 0.2) is 12.3 Å². The first-order valence-corrected chi connectivity index (χ1v) is 8.31. The second-order valence-corrected chi connectivity index (χ2v) is 5.40. The lowest BCUT2D eigenvalue weighted by Crippen LogP contribution is -2.03. The minimum atomic E-state index is 0.550. The molecule has 0 saturated carbocycles. The molecule has 0 aromatic carbocycles. The molecule has 0 amide bonds. The molecule has 1 heterocycles. The van der Waals surface area contributed by atoms with Crippen molar-refractivity contribution in [1.29, 1.82) is 0 Å². The Morgan fingerprint density at radius 2 is 1.60 bits per heavy atom. The van der Waals surface area contributed by atoms with Gasteiger partial charge in [0.05, 0.1) is 6.61 Å². The van der Waals surface area contributed by atoms with Crippen molar-refractivity contribution in [3.63, 3.8) is 0 Å². The largest absolute Gasteiger partial charge is 0.463 e. The maximum absolute atomic E-state index is 5.63. The van der Waals surface area contributed by atoms with Crippen LogP contribution in [-0.4, -0.2) is 16.6 Å². The normalized spacial score (nSPS) is 10.7. The number of unbranched alkanes of at least 4 members (excludes halogenated alkanes) is 7. The fourth-order valence-electron chi connectivity index (χ4n) is 2.19. The van der Waals surface area contributed by atoms with Gasteiger partial charge in [-0.2, -0.15) is 0 Å². The van der Waals surface area contributed by atoms with Gasteiger partial charge < -0.3 is 4.74 Å². The van der Waals surface area contributed by atoms with Crippen molar-refractivity contribution in [3.8, 4) is 6.01 Å². The molecule has 0 bridgehead atoms. The average Bonchev–Trinajstić information content (AvgIpc) is 2.48. The summed E-state index contributed by atoms with van der Waals surface area (Å²) in [5, 5.41) is 0. The van der Waals surface area contributed by atoms with Crippen LogP contribution in [0, 0.1) is 0 Å². The van der Waals surface area contributed by atoms with Crippen LogP contribution in [0.2, 0.25) is 0 Å². The Hall–Kier alpha value is -1.12. The van der Waals surface area contributed by atoms with Gasteiger partial charge in [0.25, 0.3) is 0 Å². The Balaban J connectivity index is 2.18. The standard InChI is InChI=1S/C17H30N2O/c1-3-5-7-9-11-15-20-17-18-14-13-16(19-17)12-10-8-6-4-2/h13-14H,3-12,15H2,1-2H3. The van der Waals surface area contributed by atoms with Crippen LogP contribution >= 0.6 is 0 Å². The zero-order valence-corrected chi connectivity index (χ0v) is 13.2. The van der Waals surface area contributed by atoms with E-state index in [0.717, 1.165) is 25.1 Å². The van der Waals surface area contributed by atoms with Gasteiger partial charge in [0, 0.05) is 11.9 Å². The molecular formula is C17H30N2O. The number of hydrogen-bond acceptors (Lipinski definition) is 3. The minimum Gasteiger partial charge on any atom is -0.463 e. The molecule has 3 heteroatoms. The third-order valence-electron chi connectivity index (χ3n) is 3.46. The lowest BCUT2D eigenvalue weighted by atomic mass is 10.1. The minimum absolute atomic E-state index is 0.550. The van der Waals surface area contributed by atoms with Gasteiger partial charge in [-0.15, -0.1) is 0 Å². The predicted molar refractivity (Wildman–Crippen MR) is 84.1 cm³/mol. The van der Waals surface area contributed by atoms with Crippen molar-refractivity contribution in [2.45, 2.75) is 78.1 Å². The van der Waals surface area contributed by atoms with Gasteiger partial charge in [0.2, 0.25) is 0 Å². The van der Waals surface area contributed by atoms with Crippen molar-refractivity contribution in [2.75, 3.05) is 6.61 Å². The molecule has 3 nitrogen and oxygen atoms in total. The molecule has 0 atom stereocenters. The second-order valence-electron chi connectivity index (χ2n) is 5.40. The molecule has 0 aliphatic carbocycles. The molecule has 114 valence electrons. The first-order chi connectivity index (χ1) is 9.86. The Morgan fingerprint density at radius 3 is 2.35 bits per heavy atom. The van der Waals surface area contributed by atoms with Gasteiger partial charge in [-0.05, 0) is 25.3 Å². The molecule has 1 aromatic rings. The van der Waals surface area contributed by atoms with E-state index in [1.165, 1.54) is 51.4 Å². The van der Waals surface area contributed by atoms with E-state index in [1.54, 1.807) is 0 Å². The van der Waals surface area contributed by atoms with E-state index in [2.05, 4.69) is 23.8 Å². The zero-order valence-electron chi connectivity index (χ0n) is 13.2. The fourth-order valence-corrected chi connectivity index (χ4v) is 2.19. The van der Waals surface area contributed by atoms with Crippen LogP contribution < -0.4 is 4.74 Å². The number of aryl methyl sites for hydroxylation is 1. The average molecular weight is 278 g/mol. The third-order valence-corrected chi connectivity index (χ3v) is 3.46. The summed E-state index contributed by atoms with van der Waals surface area (Å²) >= 11 is 0. The topological polar surface area (TPSA) is 35.0 Å². The van der Waals surface area contributed by atoms with E-state index in [1.807, 2.05) is 12.3 Å². The van der Waals surface area contributed by atoms with E-state index in [9.17, 15) is 0 Å². The van der Waals surface area contributed by atoms with Crippen LogP contribution in [-0.2, 0) is 6.42 Å². The van der Waals surface area contributed by atoms with Gasteiger partial charge >= 0.3 is 6.01 Å². The van der Waals surface area contributed by atoms with Crippen molar-refractivity contribution in [1.82, 2.24) is 9.97 Å². The molecule has 1 aromatic heterocycles. The summed E-state index contributed by atoms with van der Waals surface area (Å²) in [6, 6.07) is 2.55. The molecule has 1 rings (SSSR count). The van der Waals surface area contributed by atoms with Crippen LogP contribution in [0.1, 0.15) is 77.3 Å². The van der Waals surface area contributed by atoms with Gasteiger partial charge in [-0.25, -0.2) is 9.97 Å². The number of rotatable bonds is 12. The molecule has 20 heavy (non-hydrogen) atoms. The highest BCUT2D eigenvalue weighted by atomic mass is 16.5. The van der Waals surface area contributed by atoms with Crippen LogP contribution in [0.3, 0.4) is 0 Å². The second kappa shape index (κ2) is 11.7. The smallest absolute Gasteiger partial charge is 0.316 e. The number of aromatic nitrogens is 2. The maximum atomic E-state index is 5.63. The molecule has 0 fully saturated rings. The third kappa shape index (κ3) is 8.13. The fraction of sp³-hybridized carbons (Fsp3) is 0.765. The SMILES string of the molecule is CCCCCCCOc1nccc(CCCCCC)n1. The summed E-state index contributed by atoms with van der Waals surface area (Å²) in [5.41, 5.74) is 1.11. The summed E-state index contributed by atoms with van der Waals surface area (Å²) in [6.07, 6.45) is 14.2. The van der Waals surface area contributed by atoms with E-state index in [-0.39, 0.29) is 0 Å². The Bertz CT molecular complexity index is 342. The van der Waals surface area contributed by atoms with Crippen LogP contribution in [0.4, 0.5) is 0 Å².